The third-order valence-corrected chi connectivity index (χ3v) is 9.31. The molecule has 2 aliphatic rings. The molecule has 10 heteroatoms. The number of hydrogen-bond acceptors (Lipinski definition) is 5. The number of nitrogens with zero attached hydrogens (tertiary/aromatic N) is 3. The zero-order valence-corrected chi connectivity index (χ0v) is 19.7. The average molecular weight is 477 g/mol. The Morgan fingerprint density at radius 1 is 0.969 bits per heavy atom. The lowest BCUT2D eigenvalue weighted by molar-refractivity contribution is -0.138. The van der Waals surface area contributed by atoms with E-state index in [4.69, 9.17) is 0 Å². The highest BCUT2D eigenvalue weighted by Crippen LogP contribution is 2.26. The summed E-state index contributed by atoms with van der Waals surface area (Å²) in [6.07, 6.45) is 1.51. The quantitative estimate of drug-likeness (QED) is 0.735. The zero-order valence-electron chi connectivity index (χ0n) is 18.1. The molecule has 2 aromatic rings. The van der Waals surface area contributed by atoms with E-state index >= 15 is 0 Å². The molecule has 0 unspecified atom stereocenters. The normalized spacial score (nSPS) is 20.2. The Labute approximate surface area is 192 Å². The lowest BCUT2D eigenvalue weighted by Gasteiger charge is -2.38. The Morgan fingerprint density at radius 3 is 2.34 bits per heavy atom. The number of amides is 3. The van der Waals surface area contributed by atoms with Crippen LogP contribution in [0.15, 0.2) is 46.7 Å². The molecule has 32 heavy (non-hydrogen) atoms. The number of anilines is 1. The second-order valence-electron chi connectivity index (χ2n) is 8.18. The van der Waals surface area contributed by atoms with Crippen molar-refractivity contribution in [2.75, 3.05) is 44.6 Å². The lowest BCUT2D eigenvalue weighted by atomic mass is 9.96. The number of likely N-dealkylation sites (tertiary alicyclic amines) is 1. The monoisotopic (exact) mass is 476 g/mol. The van der Waals surface area contributed by atoms with Crippen molar-refractivity contribution in [1.29, 1.82) is 0 Å². The standard InChI is InChI=1S/C22H28N4O4S2/c1-17-9-10-20(31-17)32(29,30)26-14-12-24(13-15-26)21(27)18-6-5-11-25(16-18)22(28)23-19-7-3-2-4-8-19/h2-4,7-10,18H,5-6,11-16H2,1H3,(H,23,28)/t18-/m1/s1. The van der Waals surface area contributed by atoms with Gasteiger partial charge in [-0.1, -0.05) is 18.2 Å². The molecule has 2 saturated heterocycles. The molecule has 4 rings (SSSR count). The first-order valence-electron chi connectivity index (χ1n) is 10.8. The zero-order chi connectivity index (χ0) is 22.7. The van der Waals surface area contributed by atoms with Gasteiger partial charge in [0.2, 0.25) is 5.91 Å². The fourth-order valence-electron chi connectivity index (χ4n) is 4.17. The van der Waals surface area contributed by atoms with Crippen molar-refractivity contribution in [3.8, 4) is 0 Å². The van der Waals surface area contributed by atoms with Crippen LogP contribution < -0.4 is 5.32 Å². The second kappa shape index (κ2) is 9.60. The number of carbonyl (C=O) groups is 2. The van der Waals surface area contributed by atoms with Crippen LogP contribution in [0.4, 0.5) is 10.5 Å². The second-order valence-corrected chi connectivity index (χ2v) is 11.6. The van der Waals surface area contributed by atoms with Crippen molar-refractivity contribution in [3.63, 3.8) is 0 Å². The summed E-state index contributed by atoms with van der Waals surface area (Å²) < 4.78 is 27.5. The van der Waals surface area contributed by atoms with E-state index in [0.717, 1.165) is 23.4 Å². The van der Waals surface area contributed by atoms with E-state index in [2.05, 4.69) is 5.32 Å². The Balaban J connectivity index is 1.32. The van der Waals surface area contributed by atoms with Crippen LogP contribution in [0.3, 0.4) is 0 Å². The van der Waals surface area contributed by atoms with E-state index in [9.17, 15) is 18.0 Å². The molecule has 0 spiro atoms. The minimum atomic E-state index is -3.51. The summed E-state index contributed by atoms with van der Waals surface area (Å²) in [5.41, 5.74) is 0.726. The van der Waals surface area contributed by atoms with Crippen molar-refractivity contribution >= 4 is 39.0 Å². The molecule has 1 atom stereocenters. The van der Waals surface area contributed by atoms with Crippen LogP contribution in [0.1, 0.15) is 17.7 Å². The molecule has 2 aliphatic heterocycles. The molecule has 172 valence electrons. The molecule has 0 saturated carbocycles. The summed E-state index contributed by atoms with van der Waals surface area (Å²) in [6.45, 7) is 4.20. The molecule has 1 aromatic carbocycles. The minimum absolute atomic E-state index is 0.00577. The maximum atomic E-state index is 13.1. The number of carbonyl (C=O) groups excluding carboxylic acids is 2. The summed E-state index contributed by atoms with van der Waals surface area (Å²) in [6, 6.07) is 12.5. The molecular formula is C22H28N4O4S2. The van der Waals surface area contributed by atoms with E-state index in [0.29, 0.717) is 30.4 Å². The van der Waals surface area contributed by atoms with Gasteiger partial charge in [-0.3, -0.25) is 4.79 Å². The number of sulfonamides is 1. The number of nitrogens with one attached hydrogen (secondary N) is 1. The number of rotatable bonds is 4. The van der Waals surface area contributed by atoms with E-state index < -0.39 is 10.0 Å². The minimum Gasteiger partial charge on any atom is -0.340 e. The Hall–Kier alpha value is -2.43. The van der Waals surface area contributed by atoms with Gasteiger partial charge in [-0.25, -0.2) is 13.2 Å². The van der Waals surface area contributed by atoms with E-state index in [-0.39, 0.29) is 30.9 Å². The van der Waals surface area contributed by atoms with Crippen LogP contribution >= 0.6 is 11.3 Å². The fourth-order valence-corrected chi connectivity index (χ4v) is 7.03. The maximum Gasteiger partial charge on any atom is 0.321 e. The largest absolute Gasteiger partial charge is 0.340 e. The highest BCUT2D eigenvalue weighted by molar-refractivity contribution is 7.91. The molecule has 0 bridgehead atoms. The van der Waals surface area contributed by atoms with Gasteiger partial charge in [0.05, 0.1) is 5.92 Å². The SMILES string of the molecule is Cc1ccc(S(=O)(=O)N2CCN(C(=O)[C@@H]3CCCN(C(=O)Nc4ccccc4)C3)CC2)s1. The predicted molar refractivity (Wildman–Crippen MR) is 124 cm³/mol. The Kier molecular flexibility index (Phi) is 6.82. The van der Waals surface area contributed by atoms with Crippen LogP contribution in [0.5, 0.6) is 0 Å². The molecule has 2 fully saturated rings. The van der Waals surface area contributed by atoms with Gasteiger partial charge in [0.1, 0.15) is 4.21 Å². The van der Waals surface area contributed by atoms with Crippen molar-refractivity contribution in [3.05, 3.63) is 47.3 Å². The number of piperazine rings is 1. The van der Waals surface area contributed by atoms with E-state index in [1.807, 2.05) is 37.3 Å². The number of thiophene rings is 1. The first-order valence-corrected chi connectivity index (χ1v) is 13.1. The van der Waals surface area contributed by atoms with E-state index in [1.165, 1.54) is 15.6 Å². The summed E-state index contributed by atoms with van der Waals surface area (Å²) >= 11 is 1.27. The van der Waals surface area contributed by atoms with Gasteiger partial charge in [0.15, 0.2) is 0 Å². The molecule has 3 amide bonds. The van der Waals surface area contributed by atoms with Crippen LogP contribution in [0.2, 0.25) is 0 Å². The Morgan fingerprint density at radius 2 is 1.69 bits per heavy atom. The first kappa shape index (κ1) is 22.8. The molecule has 8 nitrogen and oxygen atoms in total. The number of urea groups is 1. The number of hydrogen-bond donors (Lipinski definition) is 1. The Bertz CT molecular complexity index is 1060. The van der Waals surface area contributed by atoms with Crippen LogP contribution in [-0.2, 0) is 14.8 Å². The molecule has 3 heterocycles. The molecule has 1 N–H and O–H groups in total. The molecule has 0 aliphatic carbocycles. The molecule has 0 radical (unpaired) electrons. The van der Waals surface area contributed by atoms with Crippen LogP contribution in [0, 0.1) is 12.8 Å². The smallest absolute Gasteiger partial charge is 0.321 e. The molecular weight excluding hydrogens is 448 g/mol. The third kappa shape index (κ3) is 4.97. The van der Waals surface area contributed by atoms with Gasteiger partial charge in [0.25, 0.3) is 10.0 Å². The number of para-hydroxylation sites is 1. The van der Waals surface area contributed by atoms with Crippen molar-refractivity contribution in [2.24, 2.45) is 5.92 Å². The van der Waals surface area contributed by atoms with Crippen LogP contribution in [0.25, 0.3) is 0 Å². The number of aryl methyl sites for hydroxylation is 1. The topological polar surface area (TPSA) is 90.0 Å². The number of benzene rings is 1. The fraction of sp³-hybridized carbons (Fsp3) is 0.455. The average Bonchev–Trinajstić information content (AvgIpc) is 3.26. The van der Waals surface area contributed by atoms with Gasteiger partial charge in [-0.05, 0) is 44.0 Å². The lowest BCUT2D eigenvalue weighted by Crippen LogP contribution is -2.54. The van der Waals surface area contributed by atoms with Gasteiger partial charge >= 0.3 is 6.03 Å². The summed E-state index contributed by atoms with van der Waals surface area (Å²) in [5, 5.41) is 2.88. The molecule has 1 aromatic heterocycles. The predicted octanol–water partition coefficient (Wildman–Crippen LogP) is 2.83. The highest BCUT2D eigenvalue weighted by Gasteiger charge is 2.35. The van der Waals surface area contributed by atoms with Gasteiger partial charge < -0.3 is 15.1 Å². The highest BCUT2D eigenvalue weighted by atomic mass is 32.2. The van der Waals surface area contributed by atoms with Crippen molar-refractivity contribution in [2.45, 2.75) is 24.0 Å². The first-order chi connectivity index (χ1) is 15.3. The van der Waals surface area contributed by atoms with Crippen LogP contribution in [-0.4, -0.2) is 73.7 Å². The third-order valence-electron chi connectivity index (χ3n) is 5.94. The van der Waals surface area contributed by atoms with Gasteiger partial charge in [-0.15, -0.1) is 11.3 Å². The summed E-state index contributed by atoms with van der Waals surface area (Å²) in [4.78, 5) is 30.1. The maximum absolute atomic E-state index is 13.1. The van der Waals surface area contributed by atoms with Gasteiger partial charge in [0, 0.05) is 49.8 Å². The van der Waals surface area contributed by atoms with Gasteiger partial charge in [-0.2, -0.15) is 4.31 Å². The van der Waals surface area contributed by atoms with Crippen molar-refractivity contribution < 1.29 is 18.0 Å². The van der Waals surface area contributed by atoms with Crippen molar-refractivity contribution in [1.82, 2.24) is 14.1 Å². The number of piperidine rings is 1. The summed E-state index contributed by atoms with van der Waals surface area (Å²) in [5.74, 6) is -0.250. The summed E-state index contributed by atoms with van der Waals surface area (Å²) in [7, 11) is -3.51. The van der Waals surface area contributed by atoms with E-state index in [1.54, 1.807) is 21.9 Å².